The van der Waals surface area contributed by atoms with Crippen LogP contribution in [0.5, 0.6) is 5.75 Å². The van der Waals surface area contributed by atoms with Crippen LogP contribution in [0.15, 0.2) is 48.5 Å². The maximum atomic E-state index is 5.33. The third kappa shape index (κ3) is 4.05. The van der Waals surface area contributed by atoms with Gasteiger partial charge in [-0.15, -0.1) is 0 Å². The molecule has 3 nitrogen and oxygen atoms in total. The summed E-state index contributed by atoms with van der Waals surface area (Å²) in [6.07, 6.45) is 1.12. The van der Waals surface area contributed by atoms with Gasteiger partial charge in [-0.1, -0.05) is 37.3 Å². The van der Waals surface area contributed by atoms with Crippen molar-refractivity contribution >= 4 is 5.69 Å². The number of nitrogens with zero attached hydrogens (tertiary/aromatic N) is 1. The smallest absolute Gasteiger partial charge is 0.120 e. The van der Waals surface area contributed by atoms with Crippen LogP contribution >= 0.6 is 0 Å². The number of hydrogen-bond acceptors (Lipinski definition) is 2. The van der Waals surface area contributed by atoms with Gasteiger partial charge in [-0.05, 0) is 24.1 Å². The lowest BCUT2D eigenvalue weighted by Crippen LogP contribution is -3.13. The van der Waals surface area contributed by atoms with Crippen LogP contribution < -0.4 is 14.5 Å². The van der Waals surface area contributed by atoms with Gasteiger partial charge in [0.1, 0.15) is 12.3 Å². The minimum absolute atomic E-state index is 0.938. The SMILES string of the molecule is CCc1ccc(C[NH+]2CCN(c3cccc(OC)c3)CC2)cc1. The van der Waals surface area contributed by atoms with Crippen LogP contribution in [0.4, 0.5) is 5.69 Å². The zero-order chi connectivity index (χ0) is 16.1. The van der Waals surface area contributed by atoms with E-state index in [9.17, 15) is 0 Å². The van der Waals surface area contributed by atoms with E-state index in [-0.39, 0.29) is 0 Å². The van der Waals surface area contributed by atoms with Gasteiger partial charge in [0.05, 0.1) is 33.3 Å². The summed E-state index contributed by atoms with van der Waals surface area (Å²) < 4.78 is 5.33. The summed E-state index contributed by atoms with van der Waals surface area (Å²) in [6.45, 7) is 7.93. The van der Waals surface area contributed by atoms with Crippen LogP contribution in [-0.4, -0.2) is 33.3 Å². The molecule has 3 rings (SSSR count). The Kier molecular flexibility index (Phi) is 5.19. The van der Waals surface area contributed by atoms with Crippen LogP contribution in [-0.2, 0) is 13.0 Å². The highest BCUT2D eigenvalue weighted by Crippen LogP contribution is 2.20. The Morgan fingerprint density at radius 3 is 2.35 bits per heavy atom. The zero-order valence-corrected chi connectivity index (χ0v) is 14.2. The molecule has 0 bridgehead atoms. The molecule has 1 aliphatic rings. The number of anilines is 1. The number of piperazine rings is 1. The highest BCUT2D eigenvalue weighted by Gasteiger charge is 2.20. The number of hydrogen-bond donors (Lipinski definition) is 1. The number of nitrogens with one attached hydrogen (secondary N) is 1. The molecule has 0 spiro atoms. The molecule has 3 heteroatoms. The largest absolute Gasteiger partial charge is 0.497 e. The highest BCUT2D eigenvalue weighted by molar-refractivity contribution is 5.50. The standard InChI is InChI=1S/C20H26N2O/c1-3-17-7-9-18(10-8-17)16-21-11-13-22(14-12-21)19-5-4-6-20(15-19)23-2/h4-10,15H,3,11-14,16H2,1-2H3/p+1. The molecule has 2 aromatic carbocycles. The van der Waals surface area contributed by atoms with E-state index in [0.717, 1.165) is 31.8 Å². The summed E-state index contributed by atoms with van der Waals surface area (Å²) in [5.41, 5.74) is 4.15. The topological polar surface area (TPSA) is 16.9 Å². The summed E-state index contributed by atoms with van der Waals surface area (Å²) in [5.74, 6) is 0.938. The Morgan fingerprint density at radius 1 is 1.00 bits per heavy atom. The quantitative estimate of drug-likeness (QED) is 0.911. The number of methoxy groups -OCH3 is 1. The van der Waals surface area contributed by atoms with Gasteiger partial charge in [0, 0.05) is 17.3 Å². The van der Waals surface area contributed by atoms with Crippen LogP contribution in [0, 0.1) is 0 Å². The number of rotatable bonds is 5. The molecule has 0 saturated carbocycles. The molecule has 0 aromatic heterocycles. The normalized spacial score (nSPS) is 15.7. The van der Waals surface area contributed by atoms with Crippen LogP contribution in [0.2, 0.25) is 0 Å². The van der Waals surface area contributed by atoms with Crippen molar-refractivity contribution in [2.24, 2.45) is 0 Å². The summed E-state index contributed by atoms with van der Waals surface area (Å²) >= 11 is 0. The number of benzene rings is 2. The van der Waals surface area contributed by atoms with Crippen molar-refractivity contribution in [2.45, 2.75) is 19.9 Å². The van der Waals surface area contributed by atoms with E-state index in [1.54, 1.807) is 12.0 Å². The highest BCUT2D eigenvalue weighted by atomic mass is 16.5. The Morgan fingerprint density at radius 2 is 1.70 bits per heavy atom. The Balaban J connectivity index is 1.55. The van der Waals surface area contributed by atoms with Gasteiger partial charge in [0.15, 0.2) is 0 Å². The minimum Gasteiger partial charge on any atom is -0.497 e. The second kappa shape index (κ2) is 7.51. The molecule has 0 atom stereocenters. The molecule has 1 aliphatic heterocycles. The van der Waals surface area contributed by atoms with E-state index < -0.39 is 0 Å². The predicted octanol–water partition coefficient (Wildman–Crippen LogP) is 2.16. The van der Waals surface area contributed by atoms with E-state index >= 15 is 0 Å². The molecule has 1 N–H and O–H groups in total. The molecule has 0 aliphatic carbocycles. The van der Waals surface area contributed by atoms with Crippen LogP contribution in [0.25, 0.3) is 0 Å². The first kappa shape index (κ1) is 15.9. The van der Waals surface area contributed by atoms with E-state index in [2.05, 4.69) is 54.3 Å². The average molecular weight is 311 g/mol. The van der Waals surface area contributed by atoms with E-state index in [4.69, 9.17) is 4.74 Å². The maximum absolute atomic E-state index is 5.33. The molecule has 1 heterocycles. The van der Waals surface area contributed by atoms with Crippen molar-refractivity contribution < 1.29 is 9.64 Å². The first-order valence-electron chi connectivity index (χ1n) is 8.59. The summed E-state index contributed by atoms with van der Waals surface area (Å²) in [4.78, 5) is 4.14. The maximum Gasteiger partial charge on any atom is 0.120 e. The van der Waals surface area contributed by atoms with Crippen molar-refractivity contribution in [3.05, 3.63) is 59.7 Å². The molecule has 1 saturated heterocycles. The fraction of sp³-hybridized carbons (Fsp3) is 0.400. The first-order chi connectivity index (χ1) is 11.3. The van der Waals surface area contributed by atoms with E-state index in [1.165, 1.54) is 29.9 Å². The van der Waals surface area contributed by atoms with Gasteiger partial charge >= 0.3 is 0 Å². The van der Waals surface area contributed by atoms with Gasteiger partial charge in [0.25, 0.3) is 0 Å². The molecule has 0 amide bonds. The average Bonchev–Trinajstić information content (AvgIpc) is 2.63. The fourth-order valence-corrected chi connectivity index (χ4v) is 3.25. The lowest BCUT2D eigenvalue weighted by atomic mass is 10.1. The third-order valence-corrected chi connectivity index (χ3v) is 4.77. The van der Waals surface area contributed by atoms with E-state index in [0.29, 0.717) is 0 Å². The minimum atomic E-state index is 0.938. The Labute approximate surface area is 139 Å². The second-order valence-electron chi connectivity index (χ2n) is 6.29. The number of ether oxygens (including phenoxy) is 1. The number of quaternary nitrogens is 1. The molecule has 122 valence electrons. The van der Waals surface area contributed by atoms with Gasteiger partial charge in [-0.25, -0.2) is 0 Å². The molecule has 1 fully saturated rings. The molecule has 2 aromatic rings. The first-order valence-corrected chi connectivity index (χ1v) is 8.59. The summed E-state index contributed by atoms with van der Waals surface area (Å²) in [7, 11) is 1.73. The predicted molar refractivity (Wildman–Crippen MR) is 95.4 cm³/mol. The van der Waals surface area contributed by atoms with Crippen molar-refractivity contribution in [2.75, 3.05) is 38.2 Å². The van der Waals surface area contributed by atoms with Crippen molar-refractivity contribution in [3.8, 4) is 5.75 Å². The monoisotopic (exact) mass is 311 g/mol. The summed E-state index contributed by atoms with van der Waals surface area (Å²) in [5, 5.41) is 0. The van der Waals surface area contributed by atoms with Crippen LogP contribution in [0.1, 0.15) is 18.1 Å². The van der Waals surface area contributed by atoms with Crippen LogP contribution in [0.3, 0.4) is 0 Å². The van der Waals surface area contributed by atoms with Gasteiger partial charge in [0.2, 0.25) is 0 Å². The lowest BCUT2D eigenvalue weighted by molar-refractivity contribution is -0.914. The zero-order valence-electron chi connectivity index (χ0n) is 14.2. The van der Waals surface area contributed by atoms with Crippen molar-refractivity contribution in [1.29, 1.82) is 0 Å². The fourth-order valence-electron chi connectivity index (χ4n) is 3.25. The van der Waals surface area contributed by atoms with Gasteiger partial charge in [-0.2, -0.15) is 0 Å². The molecule has 0 radical (unpaired) electrons. The molecular weight excluding hydrogens is 284 g/mol. The van der Waals surface area contributed by atoms with E-state index in [1.807, 2.05) is 6.07 Å². The Hall–Kier alpha value is -2.00. The number of aryl methyl sites for hydroxylation is 1. The van der Waals surface area contributed by atoms with Gasteiger partial charge < -0.3 is 14.5 Å². The van der Waals surface area contributed by atoms with Crippen molar-refractivity contribution in [1.82, 2.24) is 0 Å². The van der Waals surface area contributed by atoms with Crippen molar-refractivity contribution in [3.63, 3.8) is 0 Å². The third-order valence-electron chi connectivity index (χ3n) is 4.77. The van der Waals surface area contributed by atoms with Gasteiger partial charge in [-0.3, -0.25) is 0 Å². The Bertz CT molecular complexity index is 616. The summed E-state index contributed by atoms with van der Waals surface area (Å²) in [6, 6.07) is 17.5. The molecule has 23 heavy (non-hydrogen) atoms. The second-order valence-corrected chi connectivity index (χ2v) is 6.29. The molecule has 0 unspecified atom stereocenters. The lowest BCUT2D eigenvalue weighted by Gasteiger charge is -2.33. The molecular formula is C20H27N2O+.